The van der Waals surface area contributed by atoms with E-state index >= 15 is 0 Å². The second-order valence-corrected chi connectivity index (χ2v) is 5.44. The number of rotatable bonds is 5. The second-order valence-electron chi connectivity index (χ2n) is 5.44. The van der Waals surface area contributed by atoms with Gasteiger partial charge in [-0.1, -0.05) is 42.4 Å². The molecule has 0 radical (unpaired) electrons. The predicted molar refractivity (Wildman–Crippen MR) is 82.3 cm³/mol. The lowest BCUT2D eigenvalue weighted by molar-refractivity contribution is -0.122. The van der Waals surface area contributed by atoms with Crippen LogP contribution in [0.3, 0.4) is 0 Å². The Morgan fingerprint density at radius 1 is 1.43 bits per heavy atom. The van der Waals surface area contributed by atoms with Crippen LogP contribution in [0.5, 0.6) is 0 Å². The maximum Gasteiger partial charge on any atom is 0.234 e. The molecule has 1 unspecified atom stereocenters. The summed E-state index contributed by atoms with van der Waals surface area (Å²) >= 11 is 0. The van der Waals surface area contributed by atoms with Crippen LogP contribution in [0.1, 0.15) is 25.3 Å². The van der Waals surface area contributed by atoms with E-state index in [2.05, 4.69) is 22.3 Å². The van der Waals surface area contributed by atoms with Gasteiger partial charge in [0.1, 0.15) is 0 Å². The molecule has 2 rings (SSSR count). The molecule has 1 saturated heterocycles. The molecule has 1 aromatic carbocycles. The highest BCUT2D eigenvalue weighted by Gasteiger charge is 2.25. The molecule has 1 heterocycles. The van der Waals surface area contributed by atoms with Crippen molar-refractivity contribution in [1.29, 1.82) is 0 Å². The van der Waals surface area contributed by atoms with Gasteiger partial charge in [-0.15, -0.1) is 0 Å². The summed E-state index contributed by atoms with van der Waals surface area (Å²) in [5, 5.41) is 15.3. The predicted octanol–water partition coefficient (Wildman–Crippen LogP) is 1.86. The fourth-order valence-corrected chi connectivity index (χ4v) is 2.68. The highest BCUT2D eigenvalue weighted by atomic mass is 16.4. The van der Waals surface area contributed by atoms with Crippen molar-refractivity contribution in [3.05, 3.63) is 35.9 Å². The first kappa shape index (κ1) is 15.5. The third-order valence-corrected chi connectivity index (χ3v) is 3.95. The molecule has 114 valence electrons. The number of likely N-dealkylation sites (tertiary alicyclic amines) is 1. The number of oxime groups is 1. The SMILES string of the molecule is CCC1CN(CC(=O)NCc2ccccc2)CC/C1=N\O. The van der Waals surface area contributed by atoms with Crippen LogP contribution >= 0.6 is 0 Å². The Kier molecular flexibility index (Phi) is 5.75. The minimum absolute atomic E-state index is 0.0399. The molecule has 1 fully saturated rings. The van der Waals surface area contributed by atoms with Crippen molar-refractivity contribution in [3.8, 4) is 0 Å². The Morgan fingerprint density at radius 2 is 2.19 bits per heavy atom. The van der Waals surface area contributed by atoms with E-state index in [1.807, 2.05) is 30.3 Å². The largest absolute Gasteiger partial charge is 0.411 e. The number of nitrogens with zero attached hydrogens (tertiary/aromatic N) is 2. The molecule has 0 spiro atoms. The zero-order chi connectivity index (χ0) is 15.1. The zero-order valence-electron chi connectivity index (χ0n) is 12.5. The molecule has 1 aliphatic rings. The fraction of sp³-hybridized carbons (Fsp3) is 0.500. The number of piperidine rings is 1. The van der Waals surface area contributed by atoms with Gasteiger partial charge in [-0.05, 0) is 12.0 Å². The van der Waals surface area contributed by atoms with Crippen molar-refractivity contribution in [2.24, 2.45) is 11.1 Å². The number of hydrogen-bond donors (Lipinski definition) is 2. The Bertz CT molecular complexity index is 488. The van der Waals surface area contributed by atoms with Crippen molar-refractivity contribution < 1.29 is 10.0 Å². The van der Waals surface area contributed by atoms with Gasteiger partial charge in [0, 0.05) is 32.0 Å². The van der Waals surface area contributed by atoms with Crippen molar-refractivity contribution in [2.45, 2.75) is 26.3 Å². The normalized spacial score (nSPS) is 21.4. The monoisotopic (exact) mass is 289 g/mol. The summed E-state index contributed by atoms with van der Waals surface area (Å²) in [6.07, 6.45) is 1.67. The smallest absolute Gasteiger partial charge is 0.234 e. The number of carbonyl (C=O) groups is 1. The Balaban J connectivity index is 1.78. The highest BCUT2D eigenvalue weighted by molar-refractivity contribution is 5.87. The lowest BCUT2D eigenvalue weighted by Crippen LogP contribution is -2.45. The molecule has 5 nitrogen and oxygen atoms in total. The Morgan fingerprint density at radius 3 is 2.86 bits per heavy atom. The molecule has 1 aliphatic heterocycles. The van der Waals surface area contributed by atoms with Gasteiger partial charge in [0.05, 0.1) is 12.3 Å². The molecule has 5 heteroatoms. The first-order chi connectivity index (χ1) is 10.2. The average molecular weight is 289 g/mol. The van der Waals surface area contributed by atoms with E-state index < -0.39 is 0 Å². The zero-order valence-corrected chi connectivity index (χ0v) is 12.5. The van der Waals surface area contributed by atoms with E-state index in [4.69, 9.17) is 5.21 Å². The van der Waals surface area contributed by atoms with Gasteiger partial charge in [0.2, 0.25) is 5.91 Å². The molecule has 1 aromatic rings. The second kappa shape index (κ2) is 7.78. The number of benzene rings is 1. The quantitative estimate of drug-likeness (QED) is 0.642. The average Bonchev–Trinajstić information content (AvgIpc) is 2.53. The molecule has 1 atom stereocenters. The standard InChI is InChI=1S/C16H23N3O2/c1-2-14-11-19(9-8-15(14)18-21)12-16(20)17-10-13-6-4-3-5-7-13/h3-7,14,21H,2,8-12H2,1H3,(H,17,20)/b18-15+. The molecular formula is C16H23N3O2. The maximum absolute atomic E-state index is 12.0. The van der Waals surface area contributed by atoms with E-state index in [1.165, 1.54) is 0 Å². The van der Waals surface area contributed by atoms with Crippen molar-refractivity contribution in [2.75, 3.05) is 19.6 Å². The molecule has 1 amide bonds. The van der Waals surface area contributed by atoms with Gasteiger partial charge < -0.3 is 10.5 Å². The summed E-state index contributed by atoms with van der Waals surface area (Å²) in [6.45, 7) is 4.61. The summed E-state index contributed by atoms with van der Waals surface area (Å²) in [5.41, 5.74) is 1.96. The molecule has 0 saturated carbocycles. The molecular weight excluding hydrogens is 266 g/mol. The molecule has 2 N–H and O–H groups in total. The van der Waals surface area contributed by atoms with Gasteiger partial charge in [-0.25, -0.2) is 0 Å². The Labute approximate surface area is 125 Å². The van der Waals surface area contributed by atoms with Crippen LogP contribution in [0, 0.1) is 5.92 Å². The Hall–Kier alpha value is -1.88. The van der Waals surface area contributed by atoms with Crippen LogP contribution < -0.4 is 5.32 Å². The lowest BCUT2D eigenvalue weighted by atomic mass is 9.93. The lowest BCUT2D eigenvalue weighted by Gasteiger charge is -2.32. The maximum atomic E-state index is 12.0. The number of hydrogen-bond acceptors (Lipinski definition) is 4. The molecule has 0 aromatic heterocycles. The van der Waals surface area contributed by atoms with E-state index in [-0.39, 0.29) is 11.8 Å². The van der Waals surface area contributed by atoms with E-state index in [0.717, 1.165) is 37.2 Å². The van der Waals surface area contributed by atoms with Crippen LogP contribution in [-0.2, 0) is 11.3 Å². The summed E-state index contributed by atoms with van der Waals surface area (Å²) in [5.74, 6) is 0.295. The van der Waals surface area contributed by atoms with Crippen LogP contribution in [-0.4, -0.2) is 41.4 Å². The topological polar surface area (TPSA) is 64.9 Å². The van der Waals surface area contributed by atoms with Crippen molar-refractivity contribution in [3.63, 3.8) is 0 Å². The van der Waals surface area contributed by atoms with Crippen molar-refractivity contribution in [1.82, 2.24) is 10.2 Å². The third-order valence-electron chi connectivity index (χ3n) is 3.95. The highest BCUT2D eigenvalue weighted by Crippen LogP contribution is 2.17. The van der Waals surface area contributed by atoms with E-state index in [9.17, 15) is 4.79 Å². The van der Waals surface area contributed by atoms with Gasteiger partial charge >= 0.3 is 0 Å². The van der Waals surface area contributed by atoms with Gasteiger partial charge in [-0.3, -0.25) is 9.69 Å². The number of amides is 1. The number of nitrogens with one attached hydrogen (secondary N) is 1. The van der Waals surface area contributed by atoms with E-state index in [0.29, 0.717) is 13.1 Å². The van der Waals surface area contributed by atoms with Crippen LogP contribution in [0.4, 0.5) is 0 Å². The summed E-state index contributed by atoms with van der Waals surface area (Å²) in [4.78, 5) is 14.1. The van der Waals surface area contributed by atoms with Gasteiger partial charge in [0.25, 0.3) is 0 Å². The van der Waals surface area contributed by atoms with Crippen LogP contribution in [0.25, 0.3) is 0 Å². The summed E-state index contributed by atoms with van der Waals surface area (Å²) in [7, 11) is 0. The minimum Gasteiger partial charge on any atom is -0.411 e. The van der Waals surface area contributed by atoms with Crippen molar-refractivity contribution >= 4 is 11.6 Å². The summed E-state index contributed by atoms with van der Waals surface area (Å²) < 4.78 is 0. The minimum atomic E-state index is 0.0399. The van der Waals surface area contributed by atoms with Gasteiger partial charge in [0.15, 0.2) is 0 Å². The number of carbonyl (C=O) groups excluding carboxylic acids is 1. The first-order valence-electron chi connectivity index (χ1n) is 7.46. The molecule has 0 bridgehead atoms. The first-order valence-corrected chi connectivity index (χ1v) is 7.46. The van der Waals surface area contributed by atoms with Crippen LogP contribution in [0.2, 0.25) is 0 Å². The summed E-state index contributed by atoms with van der Waals surface area (Å²) in [6, 6.07) is 9.89. The van der Waals surface area contributed by atoms with Gasteiger partial charge in [-0.2, -0.15) is 0 Å². The van der Waals surface area contributed by atoms with E-state index in [1.54, 1.807) is 0 Å². The molecule has 21 heavy (non-hydrogen) atoms. The van der Waals surface area contributed by atoms with Crippen LogP contribution in [0.15, 0.2) is 35.5 Å². The third kappa shape index (κ3) is 4.56. The molecule has 0 aliphatic carbocycles. The fourth-order valence-electron chi connectivity index (χ4n) is 2.68.